The number of pyridine rings is 1. The number of hydrogen-bond donors (Lipinski definition) is 1. The van der Waals surface area contributed by atoms with Crippen molar-refractivity contribution in [3.8, 4) is 5.75 Å². The van der Waals surface area contributed by atoms with E-state index in [0.29, 0.717) is 11.5 Å². The summed E-state index contributed by atoms with van der Waals surface area (Å²) in [6, 6.07) is 2.06. The fourth-order valence-corrected chi connectivity index (χ4v) is 2.67. The third kappa shape index (κ3) is 3.93. The van der Waals surface area contributed by atoms with Crippen LogP contribution in [0.2, 0.25) is 0 Å². The number of nitrogens with zero attached hydrogens (tertiary/aromatic N) is 1. The summed E-state index contributed by atoms with van der Waals surface area (Å²) in [6.07, 6.45) is 7.12. The van der Waals surface area contributed by atoms with Crippen molar-refractivity contribution in [2.75, 3.05) is 7.05 Å². The largest absolute Gasteiger partial charge is 0.490 e. The Morgan fingerprint density at radius 1 is 1.37 bits per heavy atom. The van der Waals surface area contributed by atoms with Gasteiger partial charge in [-0.3, -0.25) is 4.98 Å². The lowest BCUT2D eigenvalue weighted by Gasteiger charge is -2.34. The van der Waals surface area contributed by atoms with E-state index >= 15 is 0 Å². The van der Waals surface area contributed by atoms with Gasteiger partial charge in [-0.1, -0.05) is 13.8 Å². The van der Waals surface area contributed by atoms with Gasteiger partial charge in [0.15, 0.2) is 0 Å². The van der Waals surface area contributed by atoms with Crippen molar-refractivity contribution in [3.05, 3.63) is 23.5 Å². The molecule has 0 spiro atoms. The van der Waals surface area contributed by atoms with Crippen LogP contribution in [0.4, 0.5) is 0 Å². The van der Waals surface area contributed by atoms with E-state index in [0.717, 1.165) is 36.4 Å². The molecule has 1 aliphatic rings. The predicted octanol–water partition coefficient (Wildman–Crippen LogP) is 3.46. The fraction of sp³-hybridized carbons (Fsp3) is 0.688. The van der Waals surface area contributed by atoms with Crippen LogP contribution in [0, 0.1) is 12.3 Å². The lowest BCUT2D eigenvalue weighted by Crippen LogP contribution is -2.28. The van der Waals surface area contributed by atoms with Crippen LogP contribution in [0.25, 0.3) is 0 Å². The Morgan fingerprint density at radius 3 is 2.68 bits per heavy atom. The molecule has 1 saturated carbocycles. The molecule has 0 radical (unpaired) electrons. The van der Waals surface area contributed by atoms with Crippen molar-refractivity contribution in [2.45, 2.75) is 59.1 Å². The third-order valence-electron chi connectivity index (χ3n) is 4.03. The quantitative estimate of drug-likeness (QED) is 0.902. The molecule has 1 aromatic heterocycles. The molecule has 3 heteroatoms. The van der Waals surface area contributed by atoms with Gasteiger partial charge >= 0.3 is 0 Å². The van der Waals surface area contributed by atoms with E-state index in [-0.39, 0.29) is 0 Å². The van der Waals surface area contributed by atoms with Crippen LogP contribution in [-0.4, -0.2) is 18.1 Å². The first-order valence-corrected chi connectivity index (χ1v) is 7.27. The predicted molar refractivity (Wildman–Crippen MR) is 78.4 cm³/mol. The Hall–Kier alpha value is -1.09. The monoisotopic (exact) mass is 262 g/mol. The van der Waals surface area contributed by atoms with E-state index in [1.165, 1.54) is 12.8 Å². The van der Waals surface area contributed by atoms with Gasteiger partial charge in [-0.2, -0.15) is 0 Å². The van der Waals surface area contributed by atoms with Crippen molar-refractivity contribution in [1.29, 1.82) is 0 Å². The molecule has 1 aromatic rings. The maximum Gasteiger partial charge on any atom is 0.127 e. The normalized spacial score (nSPS) is 19.4. The van der Waals surface area contributed by atoms with E-state index in [1.807, 2.05) is 20.2 Å². The second-order valence-corrected chi connectivity index (χ2v) is 6.45. The van der Waals surface area contributed by atoms with E-state index < -0.39 is 0 Å². The number of aromatic nitrogens is 1. The maximum absolute atomic E-state index is 6.23. The number of rotatable bonds is 4. The highest BCUT2D eigenvalue weighted by molar-refractivity contribution is 5.33. The number of aryl methyl sites for hydroxylation is 1. The molecule has 0 aliphatic heterocycles. The van der Waals surface area contributed by atoms with Crippen molar-refractivity contribution in [2.24, 2.45) is 5.41 Å². The molecule has 0 saturated heterocycles. The van der Waals surface area contributed by atoms with Gasteiger partial charge in [0.25, 0.3) is 0 Å². The highest BCUT2D eigenvalue weighted by Crippen LogP contribution is 2.37. The second kappa shape index (κ2) is 5.91. The second-order valence-electron chi connectivity index (χ2n) is 6.45. The van der Waals surface area contributed by atoms with Crippen LogP contribution in [0.1, 0.15) is 50.8 Å². The van der Waals surface area contributed by atoms with Crippen LogP contribution in [0.5, 0.6) is 5.75 Å². The SMILES string of the molecule is CNCc1cnc(C)cc1OC1CCC(C)(C)CC1. The van der Waals surface area contributed by atoms with Gasteiger partial charge in [-0.25, -0.2) is 0 Å². The number of nitrogens with one attached hydrogen (secondary N) is 1. The summed E-state index contributed by atoms with van der Waals surface area (Å²) in [4.78, 5) is 4.35. The van der Waals surface area contributed by atoms with Gasteiger partial charge in [0.05, 0.1) is 6.10 Å². The number of ether oxygens (including phenoxy) is 1. The lowest BCUT2D eigenvalue weighted by atomic mass is 9.76. The minimum absolute atomic E-state index is 0.366. The Kier molecular flexibility index (Phi) is 4.46. The Balaban J connectivity index is 2.04. The highest BCUT2D eigenvalue weighted by atomic mass is 16.5. The Bertz CT molecular complexity index is 419. The molecular weight excluding hydrogens is 236 g/mol. The first-order chi connectivity index (χ1) is 9.00. The summed E-state index contributed by atoms with van der Waals surface area (Å²) in [7, 11) is 1.95. The van der Waals surface area contributed by atoms with Crippen molar-refractivity contribution < 1.29 is 4.74 Å². The van der Waals surface area contributed by atoms with Crippen LogP contribution in [0.15, 0.2) is 12.3 Å². The summed E-state index contributed by atoms with van der Waals surface area (Å²) in [5.74, 6) is 1.01. The molecule has 0 bridgehead atoms. The fourth-order valence-electron chi connectivity index (χ4n) is 2.67. The zero-order valence-electron chi connectivity index (χ0n) is 12.6. The molecule has 1 heterocycles. The van der Waals surface area contributed by atoms with E-state index in [4.69, 9.17) is 4.74 Å². The van der Waals surface area contributed by atoms with E-state index in [2.05, 4.69) is 30.2 Å². The van der Waals surface area contributed by atoms with Gasteiger partial charge < -0.3 is 10.1 Å². The Morgan fingerprint density at radius 2 is 2.05 bits per heavy atom. The first kappa shape index (κ1) is 14.3. The molecule has 2 rings (SSSR count). The summed E-state index contributed by atoms with van der Waals surface area (Å²) in [6.45, 7) is 7.53. The molecule has 3 nitrogen and oxygen atoms in total. The third-order valence-corrected chi connectivity index (χ3v) is 4.03. The number of hydrogen-bond acceptors (Lipinski definition) is 3. The van der Waals surface area contributed by atoms with Crippen molar-refractivity contribution in [1.82, 2.24) is 10.3 Å². The molecule has 1 N–H and O–H groups in total. The minimum Gasteiger partial charge on any atom is -0.490 e. The molecule has 1 fully saturated rings. The first-order valence-electron chi connectivity index (χ1n) is 7.27. The topological polar surface area (TPSA) is 34.2 Å². The molecule has 0 amide bonds. The smallest absolute Gasteiger partial charge is 0.127 e. The summed E-state index contributed by atoms with van der Waals surface area (Å²) < 4.78 is 6.23. The maximum atomic E-state index is 6.23. The van der Waals surface area contributed by atoms with E-state index in [1.54, 1.807) is 0 Å². The molecule has 1 aliphatic carbocycles. The van der Waals surface area contributed by atoms with Gasteiger partial charge in [0, 0.05) is 30.1 Å². The molecule has 0 atom stereocenters. The van der Waals surface area contributed by atoms with Crippen molar-refractivity contribution >= 4 is 0 Å². The van der Waals surface area contributed by atoms with Crippen LogP contribution < -0.4 is 10.1 Å². The van der Waals surface area contributed by atoms with Crippen LogP contribution >= 0.6 is 0 Å². The zero-order chi connectivity index (χ0) is 13.9. The van der Waals surface area contributed by atoms with Gasteiger partial charge in [-0.05, 0) is 45.1 Å². The van der Waals surface area contributed by atoms with Crippen molar-refractivity contribution in [3.63, 3.8) is 0 Å². The molecular formula is C16H26N2O. The van der Waals surface area contributed by atoms with Gasteiger partial charge in [0.2, 0.25) is 0 Å². The van der Waals surface area contributed by atoms with Crippen LogP contribution in [0.3, 0.4) is 0 Å². The van der Waals surface area contributed by atoms with Crippen LogP contribution in [-0.2, 0) is 6.54 Å². The summed E-state index contributed by atoms with van der Waals surface area (Å²) in [5, 5.41) is 3.17. The Labute approximate surface area is 116 Å². The standard InChI is InChI=1S/C16H26N2O/c1-12-9-15(13(10-17-4)11-18-12)19-14-5-7-16(2,3)8-6-14/h9,11,14,17H,5-8,10H2,1-4H3. The minimum atomic E-state index is 0.366. The lowest BCUT2D eigenvalue weighted by molar-refractivity contribution is 0.0977. The average molecular weight is 262 g/mol. The summed E-state index contributed by atoms with van der Waals surface area (Å²) >= 11 is 0. The average Bonchev–Trinajstić information content (AvgIpc) is 2.35. The van der Waals surface area contributed by atoms with Gasteiger partial charge in [0.1, 0.15) is 5.75 Å². The summed E-state index contributed by atoms with van der Waals surface area (Å²) in [5.41, 5.74) is 2.66. The zero-order valence-corrected chi connectivity index (χ0v) is 12.6. The van der Waals surface area contributed by atoms with E-state index in [9.17, 15) is 0 Å². The molecule has 0 aromatic carbocycles. The molecule has 19 heavy (non-hydrogen) atoms. The molecule has 0 unspecified atom stereocenters. The van der Waals surface area contributed by atoms with Gasteiger partial charge in [-0.15, -0.1) is 0 Å². The highest BCUT2D eigenvalue weighted by Gasteiger charge is 2.28. The molecule has 106 valence electrons.